The quantitative estimate of drug-likeness (QED) is 0.506. The van der Waals surface area contributed by atoms with Crippen molar-refractivity contribution in [2.24, 2.45) is 5.92 Å². The Labute approximate surface area is 205 Å². The zero-order valence-electron chi connectivity index (χ0n) is 19.3. The lowest BCUT2D eigenvalue weighted by Crippen LogP contribution is -2.40. The van der Waals surface area contributed by atoms with Crippen molar-refractivity contribution in [1.82, 2.24) is 19.9 Å². The normalized spacial score (nSPS) is 15.4. The predicted molar refractivity (Wildman–Crippen MR) is 131 cm³/mol. The maximum atomic E-state index is 13.0. The molecular weight excluding hydrogens is 472 g/mol. The number of rotatable bonds is 7. The van der Waals surface area contributed by atoms with E-state index in [1.54, 1.807) is 18.2 Å². The molecular formula is C23H26N6O5S. The van der Waals surface area contributed by atoms with E-state index in [0.717, 1.165) is 19.3 Å². The van der Waals surface area contributed by atoms with Crippen LogP contribution in [0.25, 0.3) is 10.3 Å². The van der Waals surface area contributed by atoms with E-state index >= 15 is 0 Å². The summed E-state index contributed by atoms with van der Waals surface area (Å²) >= 11 is 1.27. The van der Waals surface area contributed by atoms with Gasteiger partial charge in [0.2, 0.25) is 18.6 Å². The molecule has 0 aliphatic carbocycles. The van der Waals surface area contributed by atoms with Gasteiger partial charge in [0.1, 0.15) is 17.6 Å². The third-order valence-corrected chi connectivity index (χ3v) is 7.12. The molecule has 0 unspecified atom stereocenters. The third kappa shape index (κ3) is 4.92. The monoisotopic (exact) mass is 498 g/mol. The minimum atomic E-state index is -0.361. The highest BCUT2D eigenvalue weighted by atomic mass is 32.1. The highest BCUT2D eigenvalue weighted by Crippen LogP contribution is 2.34. The molecule has 2 aliphatic rings. The summed E-state index contributed by atoms with van der Waals surface area (Å²) in [5.41, 5.74) is 0.604. The van der Waals surface area contributed by atoms with Crippen molar-refractivity contribution in [3.63, 3.8) is 0 Å². The number of hydrogen-bond donors (Lipinski definition) is 2. The van der Waals surface area contributed by atoms with Gasteiger partial charge in [-0.1, -0.05) is 18.3 Å². The van der Waals surface area contributed by atoms with E-state index in [-0.39, 0.29) is 36.6 Å². The van der Waals surface area contributed by atoms with E-state index in [9.17, 15) is 14.4 Å². The van der Waals surface area contributed by atoms with Crippen LogP contribution in [0.15, 0.2) is 29.3 Å². The summed E-state index contributed by atoms with van der Waals surface area (Å²) in [6.07, 6.45) is 3.74. The number of fused-ring (bicyclic) bond motifs is 2. The fourth-order valence-electron chi connectivity index (χ4n) is 4.14. The first kappa shape index (κ1) is 23.1. The average molecular weight is 499 g/mol. The van der Waals surface area contributed by atoms with Crippen LogP contribution in [0.1, 0.15) is 26.2 Å². The summed E-state index contributed by atoms with van der Waals surface area (Å²) < 4.78 is 12.3. The van der Waals surface area contributed by atoms with Gasteiger partial charge in [0.25, 0.3) is 5.56 Å². The fourth-order valence-corrected chi connectivity index (χ4v) is 5.16. The Hall–Kier alpha value is -3.67. The van der Waals surface area contributed by atoms with Crippen molar-refractivity contribution in [3.05, 3.63) is 34.9 Å². The molecule has 35 heavy (non-hydrogen) atoms. The van der Waals surface area contributed by atoms with Crippen LogP contribution in [0, 0.1) is 5.92 Å². The maximum Gasteiger partial charge on any atom is 0.273 e. The number of thiazole rings is 1. The lowest BCUT2D eigenvalue weighted by atomic mass is 9.96. The average Bonchev–Trinajstić information content (AvgIpc) is 3.51. The van der Waals surface area contributed by atoms with Crippen molar-refractivity contribution in [2.75, 3.05) is 36.6 Å². The Morgan fingerprint density at radius 3 is 2.80 bits per heavy atom. The van der Waals surface area contributed by atoms with Crippen molar-refractivity contribution >= 4 is 44.3 Å². The topological polar surface area (TPSA) is 128 Å². The van der Waals surface area contributed by atoms with Crippen LogP contribution in [0.3, 0.4) is 0 Å². The number of piperidine rings is 1. The first-order valence-electron chi connectivity index (χ1n) is 11.6. The van der Waals surface area contributed by atoms with Gasteiger partial charge >= 0.3 is 0 Å². The molecule has 1 saturated heterocycles. The van der Waals surface area contributed by atoms with E-state index < -0.39 is 0 Å². The molecule has 11 nitrogen and oxygen atoms in total. The molecule has 0 saturated carbocycles. The van der Waals surface area contributed by atoms with Crippen LogP contribution < -0.4 is 30.6 Å². The molecule has 0 radical (unpaired) electrons. The summed E-state index contributed by atoms with van der Waals surface area (Å²) in [6.45, 7) is 4.08. The molecule has 2 N–H and O–H groups in total. The molecule has 2 amide bonds. The largest absolute Gasteiger partial charge is 0.454 e. The van der Waals surface area contributed by atoms with Gasteiger partial charge in [0, 0.05) is 37.3 Å². The summed E-state index contributed by atoms with van der Waals surface area (Å²) in [7, 11) is 0. The number of ether oxygens (including phenoxy) is 2. The number of hydrogen-bond acceptors (Lipinski definition) is 9. The number of nitrogens with one attached hydrogen (secondary N) is 2. The highest BCUT2D eigenvalue weighted by Gasteiger charge is 2.27. The summed E-state index contributed by atoms with van der Waals surface area (Å²) in [6, 6.07) is 5.11. The van der Waals surface area contributed by atoms with Crippen LogP contribution >= 0.6 is 11.3 Å². The van der Waals surface area contributed by atoms with Crippen LogP contribution in [0.5, 0.6) is 11.5 Å². The zero-order chi connectivity index (χ0) is 24.4. The third-order valence-electron chi connectivity index (χ3n) is 6.03. The van der Waals surface area contributed by atoms with Crippen LogP contribution in [-0.4, -0.2) is 52.8 Å². The molecule has 12 heteroatoms. The van der Waals surface area contributed by atoms with Crippen molar-refractivity contribution in [1.29, 1.82) is 0 Å². The first-order valence-corrected chi connectivity index (χ1v) is 12.4. The molecule has 3 aromatic rings. The SMILES string of the molecule is CCCNC(=O)C1CCN(c2nc3ncn(CC(=O)Nc4ccc5c(c4)OCO5)c(=O)c3s2)CC1. The van der Waals surface area contributed by atoms with Gasteiger partial charge in [-0.2, -0.15) is 4.98 Å². The highest BCUT2D eigenvalue weighted by molar-refractivity contribution is 7.22. The van der Waals surface area contributed by atoms with Gasteiger partial charge in [-0.3, -0.25) is 19.0 Å². The number of amides is 2. The van der Waals surface area contributed by atoms with Crippen LogP contribution in [0.4, 0.5) is 10.8 Å². The van der Waals surface area contributed by atoms with Crippen molar-refractivity contribution in [2.45, 2.75) is 32.7 Å². The Morgan fingerprint density at radius 1 is 1.20 bits per heavy atom. The Bertz CT molecular complexity index is 1310. The van der Waals surface area contributed by atoms with Gasteiger partial charge in [-0.15, -0.1) is 0 Å². The van der Waals surface area contributed by atoms with E-state index in [2.05, 4.69) is 25.5 Å². The first-order chi connectivity index (χ1) is 17.0. The second-order valence-corrected chi connectivity index (χ2v) is 9.47. The van der Waals surface area contributed by atoms with Gasteiger partial charge in [-0.25, -0.2) is 4.98 Å². The Kier molecular flexibility index (Phi) is 6.53. The molecule has 184 valence electrons. The summed E-state index contributed by atoms with van der Waals surface area (Å²) in [5, 5.41) is 6.44. The smallest absolute Gasteiger partial charge is 0.273 e. The molecule has 5 rings (SSSR count). The number of carbonyl (C=O) groups is 2. The van der Waals surface area contributed by atoms with Gasteiger partial charge < -0.3 is 25.0 Å². The molecule has 2 aliphatic heterocycles. The summed E-state index contributed by atoms with van der Waals surface area (Å²) in [4.78, 5) is 48.7. The van der Waals surface area contributed by atoms with Crippen molar-refractivity contribution in [3.8, 4) is 11.5 Å². The maximum absolute atomic E-state index is 13.0. The Balaban J connectivity index is 1.24. The second kappa shape index (κ2) is 9.90. The minimum Gasteiger partial charge on any atom is -0.454 e. The van der Waals surface area contributed by atoms with Crippen LogP contribution in [-0.2, 0) is 16.1 Å². The Morgan fingerprint density at radius 2 is 2.00 bits per heavy atom. The molecule has 1 aromatic carbocycles. The number of nitrogens with zero attached hydrogens (tertiary/aromatic N) is 4. The predicted octanol–water partition coefficient (Wildman–Crippen LogP) is 1.96. The van der Waals surface area contributed by atoms with E-state index in [1.165, 1.54) is 22.2 Å². The lowest BCUT2D eigenvalue weighted by Gasteiger charge is -2.30. The van der Waals surface area contributed by atoms with E-state index in [4.69, 9.17) is 9.47 Å². The number of aromatic nitrogens is 3. The molecule has 2 aromatic heterocycles. The molecule has 4 heterocycles. The van der Waals surface area contributed by atoms with Gasteiger partial charge in [-0.05, 0) is 31.4 Å². The molecule has 0 atom stereocenters. The van der Waals surface area contributed by atoms with E-state index in [1.807, 2.05) is 6.92 Å². The minimum absolute atomic E-state index is 0.00537. The molecule has 0 spiro atoms. The van der Waals surface area contributed by atoms with E-state index in [0.29, 0.717) is 52.3 Å². The zero-order valence-corrected chi connectivity index (χ0v) is 20.1. The second-order valence-electron chi connectivity index (χ2n) is 8.50. The lowest BCUT2D eigenvalue weighted by molar-refractivity contribution is -0.125. The van der Waals surface area contributed by atoms with Gasteiger partial charge in [0.15, 0.2) is 22.3 Å². The molecule has 1 fully saturated rings. The number of anilines is 2. The number of benzene rings is 1. The standard InChI is InChI=1S/C23H26N6O5S/c1-2-7-24-21(31)14-5-8-28(9-6-14)23-27-20-19(35-23)22(32)29(12-25-20)11-18(30)26-15-3-4-16-17(10-15)34-13-33-16/h3-4,10,12,14H,2,5-9,11,13H2,1H3,(H,24,31)(H,26,30). The number of carbonyl (C=O) groups excluding carboxylic acids is 2. The van der Waals surface area contributed by atoms with Gasteiger partial charge in [0.05, 0.1) is 0 Å². The summed E-state index contributed by atoms with van der Waals surface area (Å²) in [5.74, 6) is 0.940. The van der Waals surface area contributed by atoms with Crippen molar-refractivity contribution < 1.29 is 19.1 Å². The van der Waals surface area contributed by atoms with Crippen LogP contribution in [0.2, 0.25) is 0 Å². The fraction of sp³-hybridized carbons (Fsp3) is 0.435. The molecule has 0 bridgehead atoms.